The fourth-order valence-corrected chi connectivity index (χ4v) is 0.831. The van der Waals surface area contributed by atoms with E-state index in [9.17, 15) is 8.76 Å². The summed E-state index contributed by atoms with van der Waals surface area (Å²) in [6, 6.07) is 0. The van der Waals surface area contributed by atoms with E-state index in [1.807, 2.05) is 6.92 Å². The minimum absolute atomic E-state index is 0. The van der Waals surface area contributed by atoms with Crippen LogP contribution in [0.2, 0.25) is 0 Å². The van der Waals surface area contributed by atoms with E-state index in [4.69, 9.17) is 0 Å². The molecule has 0 radical (unpaired) electrons. The number of hydrogen-bond acceptors (Lipinski definition) is 4. The summed E-state index contributed by atoms with van der Waals surface area (Å²) in [5, 5.41) is 0. The standard InChI is InChI=1S/C4H10O3S2.Na/c1-2-3-4-7-9(5,6)8;/h2-4H2,1H3,(H,5,6,8);/q;+1/p-1. The summed E-state index contributed by atoms with van der Waals surface area (Å²) in [5.41, 5.74) is 0. The van der Waals surface area contributed by atoms with Gasteiger partial charge in [0.15, 0.2) is 0 Å². The largest absolute Gasteiger partial charge is 1.00 e. The van der Waals surface area contributed by atoms with Gasteiger partial charge in [-0.15, -0.1) is 0 Å². The Bertz CT molecular complexity index is 154. The van der Waals surface area contributed by atoms with Crippen LogP contribution in [0.25, 0.3) is 0 Å². The zero-order valence-electron chi connectivity index (χ0n) is 6.16. The van der Waals surface area contributed by atoms with Crippen LogP contribution in [0, 0.1) is 0 Å². The van der Waals surface area contributed by atoms with Gasteiger partial charge in [0.05, 0.1) is 15.7 Å². The normalized spacial score (nSPS) is 15.4. The van der Waals surface area contributed by atoms with Gasteiger partial charge in [0.2, 0.25) is 0 Å². The van der Waals surface area contributed by atoms with E-state index < -0.39 is 9.05 Å². The molecule has 56 valence electrons. The molecule has 10 heavy (non-hydrogen) atoms. The van der Waals surface area contributed by atoms with Gasteiger partial charge >= 0.3 is 29.6 Å². The van der Waals surface area contributed by atoms with Crippen molar-refractivity contribution in [2.45, 2.75) is 19.8 Å². The minimum atomic E-state index is -3.61. The van der Waals surface area contributed by atoms with Crippen molar-refractivity contribution < 1.29 is 42.5 Å². The van der Waals surface area contributed by atoms with E-state index in [-0.39, 0.29) is 36.2 Å². The van der Waals surface area contributed by atoms with Crippen molar-refractivity contribution in [2.75, 3.05) is 6.61 Å². The monoisotopic (exact) mass is 192 g/mol. The van der Waals surface area contributed by atoms with E-state index in [2.05, 4.69) is 15.4 Å². The molecule has 0 aliphatic heterocycles. The summed E-state index contributed by atoms with van der Waals surface area (Å²) >= 11 is 3.95. The molecule has 0 bridgehead atoms. The molecule has 0 aliphatic rings. The fraction of sp³-hybridized carbons (Fsp3) is 1.00. The molecule has 0 aliphatic carbocycles. The van der Waals surface area contributed by atoms with Gasteiger partial charge in [0.25, 0.3) is 0 Å². The number of rotatable bonds is 4. The molecule has 0 aromatic carbocycles. The molecule has 0 saturated carbocycles. The summed E-state index contributed by atoms with van der Waals surface area (Å²) in [7, 11) is -3.61. The Morgan fingerprint density at radius 1 is 1.70 bits per heavy atom. The van der Waals surface area contributed by atoms with Gasteiger partial charge in [-0.1, -0.05) is 13.3 Å². The quantitative estimate of drug-likeness (QED) is 0.368. The van der Waals surface area contributed by atoms with Crippen molar-refractivity contribution in [3.05, 3.63) is 0 Å². The molecule has 1 atom stereocenters. The second-order valence-electron chi connectivity index (χ2n) is 1.58. The molecule has 0 N–H and O–H groups in total. The minimum Gasteiger partial charge on any atom is -0.748 e. The van der Waals surface area contributed by atoms with E-state index in [1.165, 1.54) is 0 Å². The first-order valence-corrected chi connectivity index (χ1v) is 5.00. The van der Waals surface area contributed by atoms with E-state index in [0.717, 1.165) is 12.8 Å². The average molecular weight is 192 g/mol. The molecule has 0 rings (SSSR count). The third-order valence-corrected chi connectivity index (χ3v) is 1.47. The SMILES string of the molecule is CCCCOS(=O)([O-])=S.[Na+]. The molecule has 0 saturated heterocycles. The van der Waals surface area contributed by atoms with E-state index in [0.29, 0.717) is 0 Å². The fourth-order valence-electron chi connectivity index (χ4n) is 0.305. The van der Waals surface area contributed by atoms with Gasteiger partial charge in [-0.2, -0.15) is 0 Å². The predicted octanol–water partition coefficient (Wildman–Crippen LogP) is -2.40. The zero-order chi connectivity index (χ0) is 7.33. The van der Waals surface area contributed by atoms with Crippen LogP contribution in [-0.2, 0) is 24.4 Å². The van der Waals surface area contributed by atoms with Crippen molar-refractivity contribution in [2.24, 2.45) is 0 Å². The van der Waals surface area contributed by atoms with Crippen molar-refractivity contribution in [3.8, 4) is 0 Å². The average Bonchev–Trinajstić information content (AvgIpc) is 1.63. The molecule has 3 nitrogen and oxygen atoms in total. The third-order valence-electron chi connectivity index (χ3n) is 0.726. The summed E-state index contributed by atoms with van der Waals surface area (Å²) in [6.45, 7) is 2.15. The van der Waals surface area contributed by atoms with Crippen LogP contribution in [0.1, 0.15) is 19.8 Å². The van der Waals surface area contributed by atoms with Crippen LogP contribution in [0.5, 0.6) is 0 Å². The molecule has 0 spiro atoms. The second-order valence-corrected chi connectivity index (χ2v) is 3.86. The van der Waals surface area contributed by atoms with Gasteiger partial charge < -0.3 is 4.55 Å². The van der Waals surface area contributed by atoms with Crippen molar-refractivity contribution in [3.63, 3.8) is 0 Å². The maximum atomic E-state index is 10.1. The number of unbranched alkanes of at least 4 members (excludes halogenated alkanes) is 1. The van der Waals surface area contributed by atoms with Crippen LogP contribution >= 0.6 is 0 Å². The summed E-state index contributed by atoms with van der Waals surface area (Å²) in [5.74, 6) is 0. The first kappa shape index (κ1) is 13.9. The van der Waals surface area contributed by atoms with Gasteiger partial charge in [0.1, 0.15) is 0 Å². The summed E-state index contributed by atoms with van der Waals surface area (Å²) in [4.78, 5) is 0. The van der Waals surface area contributed by atoms with Crippen LogP contribution < -0.4 is 29.6 Å². The van der Waals surface area contributed by atoms with Crippen LogP contribution in [0.4, 0.5) is 0 Å². The van der Waals surface area contributed by atoms with Gasteiger partial charge in [0, 0.05) is 0 Å². The summed E-state index contributed by atoms with van der Waals surface area (Å²) < 4.78 is 24.5. The third kappa shape index (κ3) is 12.0. The van der Waals surface area contributed by atoms with Crippen molar-refractivity contribution >= 4 is 20.2 Å². The summed E-state index contributed by atoms with van der Waals surface area (Å²) in [6.07, 6.45) is 1.64. The molecule has 1 unspecified atom stereocenters. The first-order chi connectivity index (χ1) is 4.06. The molecule has 0 aromatic rings. The molecule has 0 heterocycles. The van der Waals surface area contributed by atoms with Gasteiger partial charge in [-0.25, -0.2) is 4.21 Å². The smallest absolute Gasteiger partial charge is 0.748 e. The maximum Gasteiger partial charge on any atom is 1.00 e. The van der Waals surface area contributed by atoms with Crippen LogP contribution in [-0.4, -0.2) is 15.4 Å². The Labute approximate surface area is 88.5 Å². The van der Waals surface area contributed by atoms with Crippen LogP contribution in [0.3, 0.4) is 0 Å². The Morgan fingerprint density at radius 3 is 2.50 bits per heavy atom. The van der Waals surface area contributed by atoms with E-state index >= 15 is 0 Å². The molecule has 6 heteroatoms. The Balaban J connectivity index is 0. The molecular weight excluding hydrogens is 183 g/mol. The molecular formula is C4H9NaO3S2. The Kier molecular flexibility index (Phi) is 9.65. The maximum absolute atomic E-state index is 10.1. The van der Waals surface area contributed by atoms with Gasteiger partial charge in [-0.05, 0) is 17.6 Å². The molecule has 0 aromatic heterocycles. The van der Waals surface area contributed by atoms with Crippen molar-refractivity contribution in [1.29, 1.82) is 0 Å². The first-order valence-electron chi connectivity index (χ1n) is 2.66. The number of hydrogen-bond donors (Lipinski definition) is 0. The van der Waals surface area contributed by atoms with Crippen LogP contribution in [0.15, 0.2) is 0 Å². The molecule has 0 amide bonds. The predicted molar refractivity (Wildman–Crippen MR) is 37.1 cm³/mol. The Hall–Kier alpha value is 1.29. The zero-order valence-corrected chi connectivity index (χ0v) is 9.80. The van der Waals surface area contributed by atoms with Crippen molar-refractivity contribution in [1.82, 2.24) is 0 Å². The molecule has 0 fully saturated rings. The topological polar surface area (TPSA) is 49.4 Å². The van der Waals surface area contributed by atoms with Gasteiger partial charge in [-0.3, -0.25) is 4.18 Å². The Morgan fingerprint density at radius 2 is 2.20 bits per heavy atom. The second kappa shape index (κ2) is 6.97. The van der Waals surface area contributed by atoms with E-state index in [1.54, 1.807) is 0 Å².